The molecule has 0 spiro atoms. The smallest absolute Gasteiger partial charge is 0.123 e. The summed E-state index contributed by atoms with van der Waals surface area (Å²) in [4.78, 5) is 9.97. The summed E-state index contributed by atoms with van der Waals surface area (Å²) < 4.78 is 1.06. The maximum Gasteiger partial charge on any atom is 0.123 e. The topological polar surface area (TPSA) is 46.0 Å². The summed E-state index contributed by atoms with van der Waals surface area (Å²) in [6.07, 6.45) is 1.86. The third kappa shape index (κ3) is 5.54. The van der Waals surface area contributed by atoms with Crippen LogP contribution >= 0.6 is 11.3 Å². The van der Waals surface area contributed by atoms with Crippen molar-refractivity contribution in [3.63, 3.8) is 0 Å². The summed E-state index contributed by atoms with van der Waals surface area (Å²) in [7, 11) is 0. The molecule has 0 fully saturated rings. The Balaban J connectivity index is 0.00000329. The number of phenolic OH excluding ortho intramolecular Hbond substituents is 1. The van der Waals surface area contributed by atoms with E-state index in [0.29, 0.717) is 0 Å². The maximum absolute atomic E-state index is 10.6. The molecule has 0 radical (unpaired) electrons. The average Bonchev–Trinajstić information content (AvgIpc) is 3.46. The third-order valence-electron chi connectivity index (χ3n) is 7.68. The zero-order valence-corrected chi connectivity index (χ0v) is 27.1. The second kappa shape index (κ2) is 11.5. The first-order valence-corrected chi connectivity index (χ1v) is 14.9. The second-order valence-corrected chi connectivity index (χ2v) is 12.6. The van der Waals surface area contributed by atoms with E-state index in [1.54, 1.807) is 17.4 Å². The Morgan fingerprint density at radius 1 is 0.674 bits per heavy atom. The largest absolute Gasteiger partial charge is 0.507 e. The molecule has 0 aliphatic heterocycles. The van der Waals surface area contributed by atoms with Crippen LogP contribution in [0.1, 0.15) is 26.3 Å². The molecule has 3 nitrogen and oxygen atoms in total. The minimum atomic E-state index is -0.0227. The second-order valence-electron chi connectivity index (χ2n) is 11.6. The molecule has 5 heteroatoms. The molecule has 0 aliphatic carbocycles. The molecule has 7 aromatic rings. The van der Waals surface area contributed by atoms with Crippen molar-refractivity contribution in [1.82, 2.24) is 9.97 Å². The third-order valence-corrected chi connectivity index (χ3v) is 8.73. The van der Waals surface area contributed by atoms with Gasteiger partial charge < -0.3 is 5.11 Å². The minimum Gasteiger partial charge on any atom is -0.507 e. The molecule has 0 amide bonds. The van der Waals surface area contributed by atoms with E-state index in [4.69, 9.17) is 9.97 Å². The number of hydrogen-bond donors (Lipinski definition) is 1. The first-order valence-electron chi connectivity index (χ1n) is 14.1. The normalized spacial score (nSPS) is 11.5. The van der Waals surface area contributed by atoms with E-state index >= 15 is 0 Å². The van der Waals surface area contributed by atoms with E-state index in [0.717, 1.165) is 65.1 Å². The van der Waals surface area contributed by atoms with Gasteiger partial charge in [0.1, 0.15) is 5.75 Å². The molecule has 214 valence electrons. The molecule has 7 rings (SSSR count). The number of fused-ring (bicyclic) bond motifs is 2. The molecule has 5 aromatic carbocycles. The zero-order valence-electron chi connectivity index (χ0n) is 24.0. The van der Waals surface area contributed by atoms with Crippen molar-refractivity contribution in [3.05, 3.63) is 127 Å². The van der Waals surface area contributed by atoms with Crippen LogP contribution in [-0.4, -0.2) is 15.1 Å². The Hall–Kier alpha value is -4.11. The van der Waals surface area contributed by atoms with Gasteiger partial charge in [-0.05, 0) is 40.1 Å². The summed E-state index contributed by atoms with van der Waals surface area (Å²) >= 11 is 1.64. The molecule has 0 unspecified atom stereocenters. The first kappa shape index (κ1) is 29.0. The van der Waals surface area contributed by atoms with Gasteiger partial charge in [0.05, 0.1) is 10.5 Å². The van der Waals surface area contributed by atoms with Gasteiger partial charge in [0.15, 0.2) is 0 Å². The van der Waals surface area contributed by atoms with Gasteiger partial charge in [-0.2, -0.15) is 11.3 Å². The van der Waals surface area contributed by atoms with E-state index in [9.17, 15) is 5.11 Å². The number of pyridine rings is 1. The van der Waals surface area contributed by atoms with Gasteiger partial charge >= 0.3 is 0 Å². The Kier molecular flexibility index (Phi) is 7.77. The van der Waals surface area contributed by atoms with E-state index in [1.165, 1.54) is 5.56 Å². The van der Waals surface area contributed by atoms with Crippen LogP contribution in [0.3, 0.4) is 0 Å². The van der Waals surface area contributed by atoms with Gasteiger partial charge in [-0.15, -0.1) is 23.8 Å². The van der Waals surface area contributed by atoms with Crippen molar-refractivity contribution >= 4 is 32.5 Å². The molecule has 1 N–H and O–H groups in total. The number of aromatic nitrogens is 2. The number of hydrogen-bond acceptors (Lipinski definition) is 4. The number of para-hydroxylation sites is 2. The quantitative estimate of drug-likeness (QED) is 0.182. The number of benzene rings is 5. The standard InChI is InChI=1S/C38H29N2OS.Pt/c1-38(2,3)29-22-25-13-10-18-39-35(25)32(23-29)27-19-26(24-11-5-4-6-12-24)20-28(21-27)37-40-36-31(15-9-17-34(36)42-37)30-14-7-8-16-33(30)41;/h4-20,22-23,41H,1-3H3;/q-1;. The minimum absolute atomic E-state index is 0. The number of thiazole rings is 1. The van der Waals surface area contributed by atoms with Crippen molar-refractivity contribution in [2.75, 3.05) is 0 Å². The molecule has 0 saturated carbocycles. The van der Waals surface area contributed by atoms with Crippen LogP contribution in [0.25, 0.3) is 65.1 Å². The molecule has 2 heterocycles. The van der Waals surface area contributed by atoms with Crippen LogP contribution in [0, 0.1) is 6.07 Å². The van der Waals surface area contributed by atoms with Crippen LogP contribution < -0.4 is 0 Å². The fourth-order valence-corrected chi connectivity index (χ4v) is 6.40. The van der Waals surface area contributed by atoms with Crippen LogP contribution in [-0.2, 0) is 26.5 Å². The van der Waals surface area contributed by atoms with Crippen LogP contribution in [0.2, 0.25) is 0 Å². The summed E-state index contributed by atoms with van der Waals surface area (Å²) in [5, 5.41) is 12.6. The Morgan fingerprint density at radius 3 is 2.21 bits per heavy atom. The first-order chi connectivity index (χ1) is 20.3. The number of phenols is 1. The van der Waals surface area contributed by atoms with Crippen LogP contribution in [0.5, 0.6) is 5.75 Å². The van der Waals surface area contributed by atoms with Gasteiger partial charge in [0, 0.05) is 48.6 Å². The van der Waals surface area contributed by atoms with Crippen LogP contribution in [0.15, 0.2) is 115 Å². The maximum atomic E-state index is 10.6. The van der Waals surface area contributed by atoms with Crippen molar-refractivity contribution in [1.29, 1.82) is 0 Å². The predicted molar refractivity (Wildman–Crippen MR) is 176 cm³/mol. The molecular formula is C38H29N2OPtS-. The molecule has 0 bridgehead atoms. The predicted octanol–water partition coefficient (Wildman–Crippen LogP) is 10.3. The van der Waals surface area contributed by atoms with Gasteiger partial charge in [0.2, 0.25) is 0 Å². The molecular weight excluding hydrogens is 728 g/mol. The number of aromatic hydroxyl groups is 1. The molecule has 0 aliphatic rings. The average molecular weight is 757 g/mol. The van der Waals surface area contributed by atoms with Gasteiger partial charge in [-0.25, -0.2) is 0 Å². The molecule has 0 saturated heterocycles. The summed E-state index contributed by atoms with van der Waals surface area (Å²) in [5.74, 6) is 0.248. The summed E-state index contributed by atoms with van der Waals surface area (Å²) in [6, 6.07) is 40.8. The van der Waals surface area contributed by atoms with E-state index in [1.807, 2.05) is 48.7 Å². The van der Waals surface area contributed by atoms with Crippen molar-refractivity contribution < 1.29 is 26.2 Å². The zero-order chi connectivity index (χ0) is 28.8. The van der Waals surface area contributed by atoms with Crippen molar-refractivity contribution in [2.24, 2.45) is 0 Å². The van der Waals surface area contributed by atoms with Gasteiger partial charge in [-0.3, -0.25) is 9.97 Å². The van der Waals surface area contributed by atoms with E-state index in [2.05, 4.69) is 87.5 Å². The van der Waals surface area contributed by atoms with Crippen molar-refractivity contribution in [2.45, 2.75) is 26.2 Å². The number of nitrogens with zero attached hydrogens (tertiary/aromatic N) is 2. The Morgan fingerprint density at radius 2 is 1.42 bits per heavy atom. The molecule has 2 aromatic heterocycles. The van der Waals surface area contributed by atoms with Crippen molar-refractivity contribution in [3.8, 4) is 49.7 Å². The molecule has 43 heavy (non-hydrogen) atoms. The monoisotopic (exact) mass is 756 g/mol. The fraction of sp³-hybridized carbons (Fsp3) is 0.105. The Labute approximate surface area is 270 Å². The number of rotatable bonds is 4. The van der Waals surface area contributed by atoms with E-state index in [-0.39, 0.29) is 32.2 Å². The van der Waals surface area contributed by atoms with Crippen LogP contribution in [0.4, 0.5) is 0 Å². The summed E-state index contributed by atoms with van der Waals surface area (Å²) in [5.41, 5.74) is 9.98. The van der Waals surface area contributed by atoms with E-state index < -0.39 is 0 Å². The SMILES string of the molecule is CC(C)(C)c1cc(-c2[c-]c(-c3nc4c(-c5ccccc5O)cccc4s3)cc(-c3ccccc3)c2)c2ncccc2c1.[Pt]. The van der Waals surface area contributed by atoms with Gasteiger partial charge in [-0.1, -0.05) is 116 Å². The fourth-order valence-electron chi connectivity index (χ4n) is 5.44. The summed E-state index contributed by atoms with van der Waals surface area (Å²) in [6.45, 7) is 6.73. The Bertz CT molecular complexity index is 2090. The van der Waals surface area contributed by atoms with Gasteiger partial charge in [0.25, 0.3) is 0 Å². The molecule has 0 atom stereocenters.